The van der Waals surface area contributed by atoms with Gasteiger partial charge in [-0.3, -0.25) is 0 Å². The van der Waals surface area contributed by atoms with E-state index in [1.165, 1.54) is 26.4 Å². The molecule has 0 spiro atoms. The lowest BCUT2D eigenvalue weighted by Gasteiger charge is -2.25. The summed E-state index contributed by atoms with van der Waals surface area (Å²) in [6.07, 6.45) is -1.31. The number of oxime groups is 1. The number of halogens is 2. The summed E-state index contributed by atoms with van der Waals surface area (Å²) in [5.41, 5.74) is 2.80. The van der Waals surface area contributed by atoms with Crippen LogP contribution in [-0.4, -0.2) is 42.6 Å². The van der Waals surface area contributed by atoms with E-state index in [1.807, 2.05) is 13.8 Å². The molecule has 4 aliphatic rings. The highest BCUT2D eigenvalue weighted by atomic mass is 19.3. The van der Waals surface area contributed by atoms with Crippen molar-refractivity contribution in [1.29, 1.82) is 0 Å². The number of carbonyl (C=O) groups excluding carboxylic acids is 1. The van der Waals surface area contributed by atoms with Crippen LogP contribution >= 0.6 is 0 Å². The van der Waals surface area contributed by atoms with Crippen molar-refractivity contribution in [1.82, 2.24) is 0 Å². The summed E-state index contributed by atoms with van der Waals surface area (Å²) >= 11 is 0. The molecule has 3 aliphatic heterocycles. The quantitative estimate of drug-likeness (QED) is 0.314. The number of ether oxygens (including phenoxy) is 3. The molecule has 0 amide bonds. The van der Waals surface area contributed by atoms with Crippen LogP contribution in [0.25, 0.3) is 0 Å². The van der Waals surface area contributed by atoms with Crippen molar-refractivity contribution >= 4 is 17.4 Å². The van der Waals surface area contributed by atoms with Crippen molar-refractivity contribution in [3.63, 3.8) is 0 Å². The lowest BCUT2D eigenvalue weighted by atomic mass is 9.92. The van der Waals surface area contributed by atoms with Crippen molar-refractivity contribution in [2.45, 2.75) is 32.6 Å². The number of allylic oxidation sites excluding steroid dienone is 3. The zero-order valence-electron chi connectivity index (χ0n) is 16.7. The van der Waals surface area contributed by atoms with Crippen molar-refractivity contribution < 1.29 is 42.2 Å². The minimum absolute atomic E-state index is 0.0100. The van der Waals surface area contributed by atoms with Crippen LogP contribution in [0.5, 0.6) is 11.5 Å². The maximum absolute atomic E-state index is 13.3. The molecule has 2 bridgehead atoms. The summed E-state index contributed by atoms with van der Waals surface area (Å²) in [4.78, 5) is 23.0. The third kappa shape index (κ3) is 3.27. The molecule has 0 N–H and O–H groups in total. The van der Waals surface area contributed by atoms with E-state index >= 15 is 0 Å². The first-order valence-electron chi connectivity index (χ1n) is 9.08. The number of hydrogen-bond acceptors (Lipinski definition) is 7. The van der Waals surface area contributed by atoms with E-state index < -0.39 is 12.3 Å². The van der Waals surface area contributed by atoms with Crippen LogP contribution in [-0.2, 0) is 19.2 Å². The number of esters is 1. The maximum Gasteiger partial charge on any atom is 0.586 e. The molecular formula is C20H19F2N2O6+. The van der Waals surface area contributed by atoms with Gasteiger partial charge >= 0.3 is 12.3 Å². The summed E-state index contributed by atoms with van der Waals surface area (Å²) in [6.45, 7) is 3.74. The fourth-order valence-corrected chi connectivity index (χ4v) is 3.54. The molecule has 3 heterocycles. The van der Waals surface area contributed by atoms with Crippen LogP contribution in [0.1, 0.15) is 31.9 Å². The summed E-state index contributed by atoms with van der Waals surface area (Å²) < 4.78 is 42.0. The molecule has 1 aromatic rings. The number of hydroxylamine groups is 1. The first-order valence-corrected chi connectivity index (χ1v) is 9.08. The van der Waals surface area contributed by atoms with Gasteiger partial charge in [0.25, 0.3) is 0 Å². The second-order valence-electron chi connectivity index (χ2n) is 6.92. The van der Waals surface area contributed by atoms with Gasteiger partial charge in [-0.1, -0.05) is 5.16 Å². The lowest BCUT2D eigenvalue weighted by molar-refractivity contribution is -0.803. The minimum Gasteiger partial charge on any atom is -0.464 e. The van der Waals surface area contributed by atoms with Crippen molar-refractivity contribution in [2.75, 3.05) is 14.2 Å². The van der Waals surface area contributed by atoms with Crippen molar-refractivity contribution in [2.24, 2.45) is 5.16 Å². The SMILES string of the molecule is CON=C(C(=O)OC)C1=CC2=[N+](C(C)c3ccc4c(c3)OC(F)(F)O4)OC1=C(C)C2. The molecule has 1 aromatic carbocycles. The lowest BCUT2D eigenvalue weighted by Crippen LogP contribution is -2.35. The second kappa shape index (κ2) is 7.12. The molecule has 1 unspecified atom stereocenters. The second-order valence-corrected chi connectivity index (χ2v) is 6.92. The summed E-state index contributed by atoms with van der Waals surface area (Å²) in [5, 5.41) is 3.78. The van der Waals surface area contributed by atoms with Gasteiger partial charge in [0.05, 0.1) is 19.1 Å². The van der Waals surface area contributed by atoms with E-state index in [2.05, 4.69) is 14.6 Å². The smallest absolute Gasteiger partial charge is 0.464 e. The molecule has 0 aromatic heterocycles. The molecule has 158 valence electrons. The Morgan fingerprint density at radius 3 is 2.67 bits per heavy atom. The zero-order chi connectivity index (χ0) is 21.6. The Bertz CT molecular complexity index is 1060. The Kier molecular flexibility index (Phi) is 4.71. The Labute approximate surface area is 170 Å². The number of alkyl halides is 2. The van der Waals surface area contributed by atoms with Gasteiger partial charge in [0.1, 0.15) is 7.11 Å². The fraction of sp³-hybridized carbons (Fsp3) is 0.350. The normalized spacial score (nSPS) is 20.1. The molecule has 0 fully saturated rings. The minimum atomic E-state index is -3.68. The highest BCUT2D eigenvalue weighted by Gasteiger charge is 2.45. The van der Waals surface area contributed by atoms with Crippen molar-refractivity contribution in [3.8, 4) is 11.5 Å². The molecule has 5 rings (SSSR count). The van der Waals surface area contributed by atoms with Crippen LogP contribution < -0.4 is 9.47 Å². The number of carbonyl (C=O) groups is 1. The number of fused-ring (bicyclic) bond motifs is 3. The standard InChI is InChI=1S/C20H19F2N2O6/c1-10-7-13-9-14(17(23-27-4)19(25)26-3)18(10)30-24(13)11(2)12-5-6-15-16(8-12)29-20(21,22)28-15/h5-6,8-9,11H,7H2,1-4H3/q+1. The molecule has 0 saturated carbocycles. The Morgan fingerprint density at radius 2 is 2.00 bits per heavy atom. The predicted octanol–water partition coefficient (Wildman–Crippen LogP) is 3.25. The fourth-order valence-electron chi connectivity index (χ4n) is 3.54. The van der Waals surface area contributed by atoms with E-state index in [4.69, 9.17) is 14.4 Å². The van der Waals surface area contributed by atoms with E-state index in [-0.39, 0.29) is 23.3 Å². The van der Waals surface area contributed by atoms with E-state index in [1.54, 1.807) is 16.9 Å². The Balaban J connectivity index is 1.70. The van der Waals surface area contributed by atoms with Gasteiger partial charge in [0.15, 0.2) is 17.2 Å². The number of hydrogen-bond donors (Lipinski definition) is 0. The van der Waals surface area contributed by atoms with Gasteiger partial charge in [-0.15, -0.1) is 8.78 Å². The summed E-state index contributed by atoms with van der Waals surface area (Å²) in [7, 11) is 2.58. The topological polar surface area (TPSA) is 78.6 Å². The first kappa shape index (κ1) is 19.9. The van der Waals surface area contributed by atoms with Gasteiger partial charge in [0, 0.05) is 18.6 Å². The van der Waals surface area contributed by atoms with Crippen LogP contribution in [0.15, 0.2) is 46.3 Å². The van der Waals surface area contributed by atoms with Gasteiger partial charge in [0.2, 0.25) is 17.5 Å². The van der Waals surface area contributed by atoms with Gasteiger partial charge in [-0.05, 0) is 35.4 Å². The average Bonchev–Trinajstić information content (AvgIpc) is 3.03. The molecule has 0 radical (unpaired) electrons. The largest absolute Gasteiger partial charge is 0.586 e. The van der Waals surface area contributed by atoms with E-state index in [0.717, 1.165) is 11.3 Å². The first-order chi connectivity index (χ1) is 14.2. The Hall–Kier alpha value is -3.43. The van der Waals surface area contributed by atoms with Gasteiger partial charge < -0.3 is 19.0 Å². The predicted molar refractivity (Wildman–Crippen MR) is 99.3 cm³/mol. The molecule has 0 saturated heterocycles. The molecule has 1 aliphatic carbocycles. The number of methoxy groups -OCH3 is 1. The monoisotopic (exact) mass is 421 g/mol. The highest BCUT2D eigenvalue weighted by Crippen LogP contribution is 2.43. The van der Waals surface area contributed by atoms with Gasteiger partial charge in [-0.25, -0.2) is 9.63 Å². The molecule has 8 nitrogen and oxygen atoms in total. The zero-order valence-corrected chi connectivity index (χ0v) is 16.7. The third-order valence-corrected chi connectivity index (χ3v) is 4.94. The van der Waals surface area contributed by atoms with Crippen molar-refractivity contribution in [3.05, 3.63) is 46.7 Å². The molecule has 10 heteroatoms. The Morgan fingerprint density at radius 1 is 1.27 bits per heavy atom. The molecular weight excluding hydrogens is 402 g/mol. The maximum atomic E-state index is 13.3. The van der Waals surface area contributed by atoms with E-state index in [0.29, 0.717) is 23.3 Å². The van der Waals surface area contributed by atoms with E-state index in [9.17, 15) is 13.6 Å². The average molecular weight is 421 g/mol. The highest BCUT2D eigenvalue weighted by molar-refractivity contribution is 6.45. The number of rotatable bonds is 5. The number of benzene rings is 1. The number of nitrogens with zero attached hydrogens (tertiary/aromatic N) is 2. The molecule has 1 atom stereocenters. The summed E-state index contributed by atoms with van der Waals surface area (Å²) in [6, 6.07) is 4.25. The van der Waals surface area contributed by atoms with Crippen LogP contribution in [0, 0.1) is 0 Å². The van der Waals surface area contributed by atoms with Gasteiger partial charge in [-0.2, -0.15) is 0 Å². The third-order valence-electron chi connectivity index (χ3n) is 4.94. The summed E-state index contributed by atoms with van der Waals surface area (Å²) in [5.74, 6) is -0.256. The van der Waals surface area contributed by atoms with Crippen LogP contribution in [0.2, 0.25) is 0 Å². The van der Waals surface area contributed by atoms with Crippen LogP contribution in [0.3, 0.4) is 0 Å². The molecule has 30 heavy (non-hydrogen) atoms. The van der Waals surface area contributed by atoms with Crippen LogP contribution in [0.4, 0.5) is 8.78 Å².